The molecule has 0 aliphatic carbocycles. The molecule has 1 aromatic heterocycles. The van der Waals surface area contributed by atoms with E-state index in [9.17, 15) is 0 Å². The molecule has 0 atom stereocenters. The molecule has 0 aliphatic rings. The van der Waals surface area contributed by atoms with Crippen LogP contribution < -0.4 is 10.1 Å². The summed E-state index contributed by atoms with van der Waals surface area (Å²) in [5.41, 5.74) is 1.19. The summed E-state index contributed by atoms with van der Waals surface area (Å²) in [6.07, 6.45) is 0.836. The molecule has 0 bridgehead atoms. The van der Waals surface area contributed by atoms with Crippen molar-refractivity contribution in [2.45, 2.75) is 6.42 Å². The van der Waals surface area contributed by atoms with Crippen LogP contribution in [0.15, 0.2) is 30.3 Å². The molecule has 20 heavy (non-hydrogen) atoms. The molecule has 1 heterocycles. The van der Waals surface area contributed by atoms with Crippen molar-refractivity contribution in [3.8, 4) is 5.75 Å². The first kappa shape index (κ1) is 15.2. The highest BCUT2D eigenvalue weighted by Crippen LogP contribution is 2.28. The molecule has 2 rings (SSSR count). The van der Waals surface area contributed by atoms with E-state index in [-0.39, 0.29) is 5.15 Å². The molecule has 1 aromatic carbocycles. The summed E-state index contributed by atoms with van der Waals surface area (Å²) < 4.78 is 5.11. The number of pyridine rings is 1. The van der Waals surface area contributed by atoms with Gasteiger partial charge in [0.2, 0.25) is 0 Å². The summed E-state index contributed by atoms with van der Waals surface area (Å²) in [5.74, 6) is 1.38. The van der Waals surface area contributed by atoms with Crippen LogP contribution in [0.5, 0.6) is 5.75 Å². The van der Waals surface area contributed by atoms with Crippen molar-refractivity contribution in [2.75, 3.05) is 19.0 Å². The average molecular weight is 332 g/mol. The molecule has 2 aromatic rings. The van der Waals surface area contributed by atoms with Crippen molar-refractivity contribution in [2.24, 2.45) is 0 Å². The average Bonchev–Trinajstić information content (AvgIpc) is 2.45. The van der Waals surface area contributed by atoms with Gasteiger partial charge >= 0.3 is 0 Å². The van der Waals surface area contributed by atoms with Crippen molar-refractivity contribution in [1.82, 2.24) is 4.98 Å². The number of methoxy groups -OCH3 is 1. The fourth-order valence-electron chi connectivity index (χ4n) is 1.69. The maximum atomic E-state index is 6.04. The number of ether oxygens (including phenoxy) is 1. The van der Waals surface area contributed by atoms with Gasteiger partial charge in [0.05, 0.1) is 17.2 Å². The molecule has 6 heteroatoms. The highest BCUT2D eigenvalue weighted by molar-refractivity contribution is 6.42. The molecule has 0 fully saturated rings. The zero-order valence-corrected chi connectivity index (χ0v) is 13.1. The number of hydrogen-bond acceptors (Lipinski definition) is 3. The number of nitrogens with one attached hydrogen (secondary N) is 1. The second kappa shape index (κ2) is 7.02. The largest absolute Gasteiger partial charge is 0.497 e. The summed E-state index contributed by atoms with van der Waals surface area (Å²) >= 11 is 17.7. The Morgan fingerprint density at radius 3 is 2.45 bits per heavy atom. The van der Waals surface area contributed by atoms with Crippen LogP contribution in [-0.2, 0) is 6.42 Å². The molecule has 0 unspecified atom stereocenters. The Balaban J connectivity index is 1.94. The lowest BCUT2D eigenvalue weighted by atomic mass is 10.1. The molecular weight excluding hydrogens is 319 g/mol. The molecule has 0 radical (unpaired) electrons. The molecule has 0 saturated carbocycles. The number of nitrogens with zero attached hydrogens (tertiary/aromatic N) is 1. The Morgan fingerprint density at radius 1 is 1.10 bits per heavy atom. The first-order valence-corrected chi connectivity index (χ1v) is 7.12. The van der Waals surface area contributed by atoms with Crippen molar-refractivity contribution >= 4 is 40.6 Å². The van der Waals surface area contributed by atoms with Gasteiger partial charge in [-0.1, -0.05) is 46.9 Å². The summed E-state index contributed by atoms with van der Waals surface area (Å²) in [6, 6.07) is 9.47. The Morgan fingerprint density at radius 2 is 1.80 bits per heavy atom. The number of aromatic nitrogens is 1. The lowest BCUT2D eigenvalue weighted by molar-refractivity contribution is 0.414. The summed E-state index contributed by atoms with van der Waals surface area (Å²) in [4.78, 5) is 4.10. The van der Waals surface area contributed by atoms with E-state index in [1.54, 1.807) is 13.2 Å². The SMILES string of the molecule is COc1ccc(CCNc2nc(Cl)c(Cl)cc2Cl)cc1. The number of hydrogen-bond donors (Lipinski definition) is 1. The van der Waals surface area contributed by atoms with E-state index in [2.05, 4.69) is 10.3 Å². The summed E-state index contributed by atoms with van der Waals surface area (Å²) in [6.45, 7) is 0.691. The standard InChI is InChI=1S/C14H13Cl3N2O/c1-20-10-4-2-9(3-5-10)6-7-18-14-12(16)8-11(15)13(17)19-14/h2-5,8H,6-7H2,1H3,(H,18,19). The Hall–Kier alpha value is -1.16. The highest BCUT2D eigenvalue weighted by atomic mass is 35.5. The predicted molar refractivity (Wildman–Crippen MR) is 84.5 cm³/mol. The van der Waals surface area contributed by atoms with Crippen LogP contribution in [-0.4, -0.2) is 18.6 Å². The van der Waals surface area contributed by atoms with Gasteiger partial charge < -0.3 is 10.1 Å². The van der Waals surface area contributed by atoms with Gasteiger partial charge in [0.25, 0.3) is 0 Å². The van der Waals surface area contributed by atoms with Crippen molar-refractivity contribution in [3.63, 3.8) is 0 Å². The first-order valence-electron chi connectivity index (χ1n) is 5.98. The summed E-state index contributed by atoms with van der Waals surface area (Å²) in [5, 5.41) is 4.18. The van der Waals surface area contributed by atoms with Crippen LogP contribution in [0.4, 0.5) is 5.82 Å². The minimum absolute atomic E-state index is 0.239. The van der Waals surface area contributed by atoms with Gasteiger partial charge in [-0.25, -0.2) is 4.98 Å². The third-order valence-electron chi connectivity index (χ3n) is 2.75. The number of anilines is 1. The van der Waals surface area contributed by atoms with Crippen molar-refractivity contribution in [3.05, 3.63) is 51.1 Å². The third kappa shape index (κ3) is 3.92. The second-order valence-electron chi connectivity index (χ2n) is 4.12. The molecule has 106 valence electrons. The van der Waals surface area contributed by atoms with Crippen LogP contribution in [0.3, 0.4) is 0 Å². The third-order valence-corrected chi connectivity index (χ3v) is 3.71. The van der Waals surface area contributed by atoms with Crippen LogP contribution >= 0.6 is 34.8 Å². The fourth-order valence-corrected chi connectivity index (χ4v) is 2.25. The number of halogens is 3. The van der Waals surface area contributed by atoms with Crippen LogP contribution in [0, 0.1) is 0 Å². The maximum Gasteiger partial charge on any atom is 0.150 e. The van der Waals surface area contributed by atoms with Gasteiger partial charge in [-0.15, -0.1) is 0 Å². The number of rotatable bonds is 5. The van der Waals surface area contributed by atoms with Gasteiger partial charge in [0, 0.05) is 6.54 Å². The Labute approximate surface area is 132 Å². The predicted octanol–water partition coefficient (Wildman–Crippen LogP) is 4.71. The zero-order valence-electron chi connectivity index (χ0n) is 10.8. The maximum absolute atomic E-state index is 6.04. The molecular formula is C14H13Cl3N2O. The van der Waals surface area contributed by atoms with E-state index < -0.39 is 0 Å². The van der Waals surface area contributed by atoms with Gasteiger partial charge in [-0.2, -0.15) is 0 Å². The lowest BCUT2D eigenvalue weighted by Crippen LogP contribution is -2.07. The lowest BCUT2D eigenvalue weighted by Gasteiger charge is -2.09. The Bertz CT molecular complexity index is 588. The fraction of sp³-hybridized carbons (Fsp3) is 0.214. The number of benzene rings is 1. The van der Waals surface area contributed by atoms with Crippen LogP contribution in [0.25, 0.3) is 0 Å². The minimum Gasteiger partial charge on any atom is -0.497 e. The zero-order chi connectivity index (χ0) is 14.5. The molecule has 0 spiro atoms. The van der Waals surface area contributed by atoms with Crippen molar-refractivity contribution < 1.29 is 4.74 Å². The topological polar surface area (TPSA) is 34.1 Å². The molecule has 0 saturated heterocycles. The smallest absolute Gasteiger partial charge is 0.150 e. The Kier molecular flexibility index (Phi) is 5.35. The molecule has 1 N–H and O–H groups in total. The van der Waals surface area contributed by atoms with E-state index in [4.69, 9.17) is 39.5 Å². The van der Waals surface area contributed by atoms with Gasteiger partial charge in [-0.05, 0) is 30.2 Å². The van der Waals surface area contributed by atoms with E-state index >= 15 is 0 Å². The normalized spacial score (nSPS) is 10.4. The first-order chi connectivity index (χ1) is 9.60. The quantitative estimate of drug-likeness (QED) is 0.806. The van der Waals surface area contributed by atoms with Crippen molar-refractivity contribution in [1.29, 1.82) is 0 Å². The van der Waals surface area contributed by atoms with E-state index in [0.717, 1.165) is 12.2 Å². The van der Waals surface area contributed by atoms with Gasteiger partial charge in [0.15, 0.2) is 0 Å². The second-order valence-corrected chi connectivity index (χ2v) is 5.29. The highest BCUT2D eigenvalue weighted by Gasteiger charge is 2.07. The van der Waals surface area contributed by atoms with Gasteiger partial charge in [0.1, 0.15) is 16.7 Å². The minimum atomic E-state index is 0.239. The van der Waals surface area contributed by atoms with Crippen LogP contribution in [0.2, 0.25) is 15.2 Å². The van der Waals surface area contributed by atoms with E-state index in [1.807, 2.05) is 24.3 Å². The monoisotopic (exact) mass is 330 g/mol. The van der Waals surface area contributed by atoms with E-state index in [0.29, 0.717) is 22.4 Å². The molecule has 0 amide bonds. The molecule has 3 nitrogen and oxygen atoms in total. The van der Waals surface area contributed by atoms with Gasteiger partial charge in [-0.3, -0.25) is 0 Å². The van der Waals surface area contributed by atoms with E-state index in [1.165, 1.54) is 5.56 Å². The summed E-state index contributed by atoms with van der Waals surface area (Å²) in [7, 11) is 1.65. The molecule has 0 aliphatic heterocycles. The van der Waals surface area contributed by atoms with Crippen LogP contribution in [0.1, 0.15) is 5.56 Å².